The number of benzene rings is 3. The molecular weight excluding hydrogens is 376 g/mol. The molecule has 0 unspecified atom stereocenters. The van der Waals surface area contributed by atoms with Crippen LogP contribution < -0.4 is 9.79 Å². The summed E-state index contributed by atoms with van der Waals surface area (Å²) in [6.45, 7) is 0. The van der Waals surface area contributed by atoms with Crippen molar-refractivity contribution in [3.05, 3.63) is 96.6 Å². The first-order valence-corrected chi connectivity index (χ1v) is 9.84. The van der Waals surface area contributed by atoms with E-state index in [4.69, 9.17) is 5.21 Å². The van der Waals surface area contributed by atoms with E-state index < -0.39 is 15.9 Å². The molecule has 7 heteroatoms. The zero-order valence-electron chi connectivity index (χ0n) is 14.8. The number of hydroxylamine groups is 1. The lowest BCUT2D eigenvalue weighted by Gasteiger charge is -2.24. The number of carbonyl (C=O) groups is 1. The molecule has 3 aromatic rings. The standard InChI is InChI=1S/C21H18N2O4S/c24-21(22-25)15-14-17-8-7-13-20(16-17)28(26,27)23(18-9-3-1-4-10-18)19-11-5-2-6-12-19/h1-16,25H,(H,22,24)/b15-14+. The summed E-state index contributed by atoms with van der Waals surface area (Å²) < 4.78 is 28.2. The van der Waals surface area contributed by atoms with E-state index in [-0.39, 0.29) is 4.90 Å². The number of para-hydroxylation sites is 2. The zero-order chi connectivity index (χ0) is 20.0. The fourth-order valence-electron chi connectivity index (χ4n) is 2.65. The number of nitrogens with zero attached hydrogens (tertiary/aromatic N) is 1. The Hall–Kier alpha value is -3.42. The number of amides is 1. The number of carbonyl (C=O) groups excluding carboxylic acids is 1. The van der Waals surface area contributed by atoms with Crippen molar-refractivity contribution in [2.75, 3.05) is 4.31 Å². The molecule has 3 rings (SSSR count). The van der Waals surface area contributed by atoms with Crippen LogP contribution in [0.1, 0.15) is 5.56 Å². The minimum absolute atomic E-state index is 0.0757. The first kappa shape index (κ1) is 19.3. The van der Waals surface area contributed by atoms with Crippen molar-refractivity contribution in [2.24, 2.45) is 0 Å². The molecule has 0 atom stereocenters. The second-order valence-corrected chi connectivity index (χ2v) is 7.61. The first-order valence-electron chi connectivity index (χ1n) is 8.40. The molecule has 1 amide bonds. The molecule has 2 N–H and O–H groups in total. The first-order chi connectivity index (χ1) is 13.5. The van der Waals surface area contributed by atoms with Crippen LogP contribution in [0.4, 0.5) is 11.4 Å². The molecule has 0 aliphatic carbocycles. The lowest BCUT2D eigenvalue weighted by atomic mass is 10.2. The van der Waals surface area contributed by atoms with E-state index >= 15 is 0 Å². The van der Waals surface area contributed by atoms with Gasteiger partial charge in [0.15, 0.2) is 0 Å². The van der Waals surface area contributed by atoms with Crippen LogP contribution >= 0.6 is 0 Å². The summed E-state index contributed by atoms with van der Waals surface area (Å²) in [5, 5.41) is 8.57. The molecule has 28 heavy (non-hydrogen) atoms. The molecule has 3 aromatic carbocycles. The summed E-state index contributed by atoms with van der Waals surface area (Å²) in [7, 11) is -3.92. The molecule has 0 aliphatic rings. The van der Waals surface area contributed by atoms with Gasteiger partial charge in [-0.25, -0.2) is 18.2 Å². The van der Waals surface area contributed by atoms with Gasteiger partial charge in [-0.2, -0.15) is 0 Å². The molecule has 0 heterocycles. The summed E-state index contributed by atoms with van der Waals surface area (Å²) >= 11 is 0. The average Bonchev–Trinajstić information content (AvgIpc) is 2.74. The highest BCUT2D eigenvalue weighted by Gasteiger charge is 2.26. The maximum atomic E-state index is 13.5. The van der Waals surface area contributed by atoms with Gasteiger partial charge in [0.25, 0.3) is 15.9 Å². The average molecular weight is 394 g/mol. The lowest BCUT2D eigenvalue weighted by molar-refractivity contribution is -0.124. The van der Waals surface area contributed by atoms with Crippen LogP contribution in [0.25, 0.3) is 6.08 Å². The Morgan fingerprint density at radius 1 is 0.857 bits per heavy atom. The van der Waals surface area contributed by atoms with E-state index in [2.05, 4.69) is 0 Å². The summed E-state index contributed by atoms with van der Waals surface area (Å²) in [6.07, 6.45) is 2.53. The minimum atomic E-state index is -3.92. The predicted molar refractivity (Wildman–Crippen MR) is 108 cm³/mol. The van der Waals surface area contributed by atoms with Crippen molar-refractivity contribution in [1.82, 2.24) is 5.48 Å². The highest BCUT2D eigenvalue weighted by Crippen LogP contribution is 2.32. The van der Waals surface area contributed by atoms with Crippen LogP contribution in [0.3, 0.4) is 0 Å². The van der Waals surface area contributed by atoms with Gasteiger partial charge in [0, 0.05) is 6.08 Å². The van der Waals surface area contributed by atoms with Crippen LogP contribution in [-0.2, 0) is 14.8 Å². The van der Waals surface area contributed by atoms with Gasteiger partial charge in [-0.1, -0.05) is 48.5 Å². The molecule has 0 fully saturated rings. The number of hydrogen-bond acceptors (Lipinski definition) is 4. The number of rotatable bonds is 6. The van der Waals surface area contributed by atoms with Crippen molar-refractivity contribution in [2.45, 2.75) is 4.90 Å². The van der Waals surface area contributed by atoms with E-state index in [1.807, 2.05) is 12.1 Å². The molecule has 0 aliphatic heterocycles. The van der Waals surface area contributed by atoms with Gasteiger partial charge in [-0.3, -0.25) is 10.0 Å². The van der Waals surface area contributed by atoms with Crippen LogP contribution in [0.5, 0.6) is 0 Å². The van der Waals surface area contributed by atoms with E-state index in [1.165, 1.54) is 28.0 Å². The van der Waals surface area contributed by atoms with Gasteiger partial charge in [0.2, 0.25) is 0 Å². The molecule has 0 saturated heterocycles. The highest BCUT2D eigenvalue weighted by molar-refractivity contribution is 7.93. The fraction of sp³-hybridized carbons (Fsp3) is 0. The Kier molecular flexibility index (Phi) is 5.88. The normalized spacial score (nSPS) is 11.3. The number of hydrogen-bond donors (Lipinski definition) is 2. The zero-order valence-corrected chi connectivity index (χ0v) is 15.6. The third kappa shape index (κ3) is 4.28. The highest BCUT2D eigenvalue weighted by atomic mass is 32.2. The van der Waals surface area contributed by atoms with Gasteiger partial charge >= 0.3 is 0 Å². The predicted octanol–water partition coefficient (Wildman–Crippen LogP) is 3.73. The number of sulfonamides is 1. The summed E-state index contributed by atoms with van der Waals surface area (Å²) in [4.78, 5) is 11.2. The second kappa shape index (κ2) is 8.51. The Morgan fingerprint density at radius 3 is 1.96 bits per heavy atom. The van der Waals surface area contributed by atoms with Crippen molar-refractivity contribution >= 4 is 33.4 Å². The Morgan fingerprint density at radius 2 is 1.43 bits per heavy atom. The van der Waals surface area contributed by atoms with Gasteiger partial charge < -0.3 is 0 Å². The van der Waals surface area contributed by atoms with Crippen LogP contribution in [0.2, 0.25) is 0 Å². The summed E-state index contributed by atoms with van der Waals surface area (Å²) in [5.41, 5.74) is 3.01. The quantitative estimate of drug-likeness (QED) is 0.379. The largest absolute Gasteiger partial charge is 0.288 e. The van der Waals surface area contributed by atoms with Gasteiger partial charge in [0.1, 0.15) is 0 Å². The number of anilines is 2. The third-order valence-corrected chi connectivity index (χ3v) is 5.67. The molecule has 0 radical (unpaired) electrons. The molecule has 142 valence electrons. The van der Waals surface area contributed by atoms with Gasteiger partial charge in [0.05, 0.1) is 16.3 Å². The minimum Gasteiger partial charge on any atom is -0.288 e. The lowest BCUT2D eigenvalue weighted by Crippen LogP contribution is -2.26. The number of nitrogens with one attached hydrogen (secondary N) is 1. The monoisotopic (exact) mass is 394 g/mol. The maximum Gasteiger partial charge on any atom is 0.268 e. The molecule has 0 saturated carbocycles. The van der Waals surface area contributed by atoms with Gasteiger partial charge in [-0.05, 0) is 48.0 Å². The molecule has 0 aromatic heterocycles. The van der Waals surface area contributed by atoms with Gasteiger partial charge in [-0.15, -0.1) is 0 Å². The smallest absolute Gasteiger partial charge is 0.268 e. The van der Waals surface area contributed by atoms with Crippen LogP contribution in [-0.4, -0.2) is 19.5 Å². The molecular formula is C21H18N2O4S. The van der Waals surface area contributed by atoms with Crippen molar-refractivity contribution in [1.29, 1.82) is 0 Å². The maximum absolute atomic E-state index is 13.5. The van der Waals surface area contributed by atoms with E-state index in [9.17, 15) is 13.2 Å². The Balaban J connectivity index is 2.08. The molecule has 6 nitrogen and oxygen atoms in total. The topological polar surface area (TPSA) is 86.7 Å². The molecule has 0 bridgehead atoms. The van der Waals surface area contributed by atoms with Crippen molar-refractivity contribution in [3.63, 3.8) is 0 Å². The fourth-order valence-corrected chi connectivity index (χ4v) is 4.19. The molecule has 0 spiro atoms. The SMILES string of the molecule is O=C(/C=C/c1cccc(S(=O)(=O)N(c2ccccc2)c2ccccc2)c1)NO. The van der Waals surface area contributed by atoms with Crippen LogP contribution in [0, 0.1) is 0 Å². The second-order valence-electron chi connectivity index (χ2n) is 5.82. The Labute approximate surface area is 163 Å². The summed E-state index contributed by atoms with van der Waals surface area (Å²) in [5.74, 6) is -0.705. The summed E-state index contributed by atoms with van der Waals surface area (Å²) in [6, 6.07) is 23.8. The van der Waals surface area contributed by atoms with Crippen molar-refractivity contribution in [3.8, 4) is 0 Å². The Bertz CT molecular complexity index is 1040. The van der Waals surface area contributed by atoms with E-state index in [0.29, 0.717) is 16.9 Å². The van der Waals surface area contributed by atoms with Crippen molar-refractivity contribution < 1.29 is 18.4 Å². The van der Waals surface area contributed by atoms with E-state index in [1.54, 1.807) is 60.7 Å². The van der Waals surface area contributed by atoms with Crippen LogP contribution in [0.15, 0.2) is 95.9 Å². The third-order valence-electron chi connectivity index (χ3n) is 3.92. The van der Waals surface area contributed by atoms with E-state index in [0.717, 1.165) is 6.08 Å².